The lowest BCUT2D eigenvalue weighted by atomic mass is 9.88. The number of carbonyl (C=O) groups is 1. The summed E-state index contributed by atoms with van der Waals surface area (Å²) in [6.45, 7) is 3.64. The van der Waals surface area contributed by atoms with E-state index in [2.05, 4.69) is 4.74 Å². The van der Waals surface area contributed by atoms with Crippen molar-refractivity contribution in [3.05, 3.63) is 35.4 Å². The van der Waals surface area contributed by atoms with Gasteiger partial charge in [0.25, 0.3) is 0 Å². The Morgan fingerprint density at radius 2 is 1.88 bits per heavy atom. The number of esters is 1. The Bertz CT molecular complexity index is 389. The van der Waals surface area contributed by atoms with Gasteiger partial charge in [-0.1, -0.05) is 19.9 Å². The maximum atomic E-state index is 13.0. The monoisotopic (exact) mass is 228 g/mol. The van der Waals surface area contributed by atoms with Gasteiger partial charge < -0.3 is 4.74 Å². The van der Waals surface area contributed by atoms with Crippen LogP contribution in [-0.2, 0) is 9.53 Å². The SMILES string of the molecule is COC(=O)C(c1ccc(F)c(F)c1)C(C)C. The van der Waals surface area contributed by atoms with Crippen molar-refractivity contribution < 1.29 is 18.3 Å². The summed E-state index contributed by atoms with van der Waals surface area (Å²) < 4.78 is 30.4. The molecule has 2 nitrogen and oxygen atoms in total. The van der Waals surface area contributed by atoms with Gasteiger partial charge in [0.15, 0.2) is 11.6 Å². The van der Waals surface area contributed by atoms with Crippen molar-refractivity contribution in [2.45, 2.75) is 19.8 Å². The summed E-state index contributed by atoms with van der Waals surface area (Å²) in [7, 11) is 1.28. The second-order valence-electron chi connectivity index (χ2n) is 3.92. The maximum absolute atomic E-state index is 13.0. The van der Waals surface area contributed by atoms with Gasteiger partial charge in [-0.3, -0.25) is 4.79 Å². The van der Waals surface area contributed by atoms with Crippen LogP contribution in [-0.4, -0.2) is 13.1 Å². The van der Waals surface area contributed by atoms with E-state index < -0.39 is 23.5 Å². The Balaban J connectivity index is 3.11. The molecule has 0 heterocycles. The van der Waals surface area contributed by atoms with Crippen LogP contribution in [0, 0.1) is 17.6 Å². The van der Waals surface area contributed by atoms with Crippen molar-refractivity contribution in [3.63, 3.8) is 0 Å². The van der Waals surface area contributed by atoms with Crippen molar-refractivity contribution in [2.24, 2.45) is 5.92 Å². The van der Waals surface area contributed by atoms with E-state index in [4.69, 9.17) is 0 Å². The molecular weight excluding hydrogens is 214 g/mol. The van der Waals surface area contributed by atoms with Crippen molar-refractivity contribution in [2.75, 3.05) is 7.11 Å². The summed E-state index contributed by atoms with van der Waals surface area (Å²) in [4.78, 5) is 11.5. The van der Waals surface area contributed by atoms with Crippen LogP contribution in [0.25, 0.3) is 0 Å². The standard InChI is InChI=1S/C12H14F2O2/c1-7(2)11(12(15)16-3)8-4-5-9(13)10(14)6-8/h4-7,11H,1-3H3. The highest BCUT2D eigenvalue weighted by Crippen LogP contribution is 2.26. The topological polar surface area (TPSA) is 26.3 Å². The molecule has 0 saturated heterocycles. The van der Waals surface area contributed by atoms with Crippen LogP contribution in [0.15, 0.2) is 18.2 Å². The van der Waals surface area contributed by atoms with E-state index in [-0.39, 0.29) is 5.92 Å². The van der Waals surface area contributed by atoms with Crippen LogP contribution in [0.4, 0.5) is 8.78 Å². The zero-order valence-corrected chi connectivity index (χ0v) is 9.46. The zero-order valence-electron chi connectivity index (χ0n) is 9.46. The number of benzene rings is 1. The Morgan fingerprint density at radius 3 is 2.31 bits per heavy atom. The third-order valence-electron chi connectivity index (χ3n) is 2.42. The molecule has 0 spiro atoms. The molecule has 0 aliphatic rings. The fraction of sp³-hybridized carbons (Fsp3) is 0.417. The Labute approximate surface area is 93.2 Å². The van der Waals surface area contributed by atoms with E-state index in [1.807, 2.05) is 13.8 Å². The number of hydrogen-bond donors (Lipinski definition) is 0. The summed E-state index contributed by atoms with van der Waals surface area (Å²) in [6.07, 6.45) is 0. The molecule has 1 unspecified atom stereocenters. The van der Waals surface area contributed by atoms with Gasteiger partial charge in [-0.05, 0) is 23.6 Å². The fourth-order valence-corrected chi connectivity index (χ4v) is 1.63. The minimum Gasteiger partial charge on any atom is -0.469 e. The van der Waals surface area contributed by atoms with Crippen molar-refractivity contribution >= 4 is 5.97 Å². The van der Waals surface area contributed by atoms with Gasteiger partial charge in [-0.25, -0.2) is 8.78 Å². The van der Waals surface area contributed by atoms with E-state index in [9.17, 15) is 13.6 Å². The summed E-state index contributed by atoms with van der Waals surface area (Å²) in [5, 5.41) is 0. The molecule has 0 bridgehead atoms. The molecule has 0 saturated carbocycles. The van der Waals surface area contributed by atoms with Gasteiger partial charge in [0, 0.05) is 0 Å². The minimum absolute atomic E-state index is 0.0442. The molecule has 0 radical (unpaired) electrons. The summed E-state index contributed by atoms with van der Waals surface area (Å²) in [5.74, 6) is -2.93. The minimum atomic E-state index is -0.952. The first-order valence-electron chi connectivity index (χ1n) is 5.00. The van der Waals surface area contributed by atoms with Crippen LogP contribution >= 0.6 is 0 Å². The van der Waals surface area contributed by atoms with Crippen molar-refractivity contribution in [1.29, 1.82) is 0 Å². The van der Waals surface area contributed by atoms with Crippen LogP contribution < -0.4 is 0 Å². The molecule has 0 amide bonds. The van der Waals surface area contributed by atoms with Gasteiger partial charge in [0.1, 0.15) is 0 Å². The van der Waals surface area contributed by atoms with Crippen LogP contribution in [0.1, 0.15) is 25.3 Å². The molecule has 4 heteroatoms. The molecule has 1 aromatic rings. The number of ether oxygens (including phenoxy) is 1. The highest BCUT2D eigenvalue weighted by Gasteiger charge is 2.25. The Morgan fingerprint density at radius 1 is 1.25 bits per heavy atom. The highest BCUT2D eigenvalue weighted by atomic mass is 19.2. The quantitative estimate of drug-likeness (QED) is 0.743. The molecule has 1 rings (SSSR count). The van der Waals surface area contributed by atoms with Gasteiger partial charge in [-0.15, -0.1) is 0 Å². The van der Waals surface area contributed by atoms with Crippen LogP contribution in [0.2, 0.25) is 0 Å². The van der Waals surface area contributed by atoms with E-state index in [1.54, 1.807) is 0 Å². The lowest BCUT2D eigenvalue weighted by molar-refractivity contribution is -0.143. The van der Waals surface area contributed by atoms with Gasteiger partial charge in [0.2, 0.25) is 0 Å². The van der Waals surface area contributed by atoms with Crippen molar-refractivity contribution in [3.8, 4) is 0 Å². The lowest BCUT2D eigenvalue weighted by Crippen LogP contribution is -2.19. The molecule has 16 heavy (non-hydrogen) atoms. The molecule has 0 aliphatic heterocycles. The smallest absolute Gasteiger partial charge is 0.313 e. The molecular formula is C12H14F2O2. The first kappa shape index (κ1) is 12.6. The second-order valence-corrected chi connectivity index (χ2v) is 3.92. The third-order valence-corrected chi connectivity index (χ3v) is 2.42. The van der Waals surface area contributed by atoms with E-state index in [0.29, 0.717) is 5.56 Å². The van der Waals surface area contributed by atoms with E-state index in [1.165, 1.54) is 13.2 Å². The molecule has 1 aromatic carbocycles. The fourth-order valence-electron chi connectivity index (χ4n) is 1.63. The number of rotatable bonds is 3. The van der Waals surface area contributed by atoms with E-state index >= 15 is 0 Å². The van der Waals surface area contributed by atoms with Crippen molar-refractivity contribution in [1.82, 2.24) is 0 Å². The molecule has 1 atom stereocenters. The maximum Gasteiger partial charge on any atom is 0.313 e. The number of carbonyl (C=O) groups excluding carboxylic acids is 1. The lowest BCUT2D eigenvalue weighted by Gasteiger charge is -2.18. The van der Waals surface area contributed by atoms with Gasteiger partial charge in [0.05, 0.1) is 13.0 Å². The average Bonchev–Trinajstić information content (AvgIpc) is 2.22. The average molecular weight is 228 g/mol. The first-order chi connectivity index (χ1) is 7.47. The summed E-state index contributed by atoms with van der Waals surface area (Å²) in [6, 6.07) is 3.46. The molecule has 0 N–H and O–H groups in total. The first-order valence-corrected chi connectivity index (χ1v) is 5.00. The van der Waals surface area contributed by atoms with E-state index in [0.717, 1.165) is 12.1 Å². The predicted octanol–water partition coefficient (Wildman–Crippen LogP) is 2.88. The predicted molar refractivity (Wildman–Crippen MR) is 56.0 cm³/mol. The number of hydrogen-bond acceptors (Lipinski definition) is 2. The Hall–Kier alpha value is -1.45. The second kappa shape index (κ2) is 5.05. The number of halogens is 2. The van der Waals surface area contributed by atoms with Gasteiger partial charge >= 0.3 is 5.97 Å². The summed E-state index contributed by atoms with van der Waals surface area (Å²) in [5.41, 5.74) is 0.431. The molecule has 88 valence electrons. The van der Waals surface area contributed by atoms with Crippen LogP contribution in [0.5, 0.6) is 0 Å². The molecule has 0 aliphatic carbocycles. The number of methoxy groups -OCH3 is 1. The zero-order chi connectivity index (χ0) is 12.3. The normalized spacial score (nSPS) is 12.6. The molecule has 0 aromatic heterocycles. The Kier molecular flexibility index (Phi) is 3.99. The third kappa shape index (κ3) is 2.56. The van der Waals surface area contributed by atoms with Gasteiger partial charge in [-0.2, -0.15) is 0 Å². The largest absolute Gasteiger partial charge is 0.469 e. The molecule has 0 fully saturated rings. The summed E-state index contributed by atoms with van der Waals surface area (Å²) >= 11 is 0. The highest BCUT2D eigenvalue weighted by molar-refractivity contribution is 5.78. The van der Waals surface area contributed by atoms with Crippen LogP contribution in [0.3, 0.4) is 0 Å².